The summed E-state index contributed by atoms with van der Waals surface area (Å²) in [6.45, 7) is 6.82. The monoisotopic (exact) mass is 460 g/mol. The van der Waals surface area contributed by atoms with Crippen molar-refractivity contribution in [2.24, 2.45) is 5.92 Å². The summed E-state index contributed by atoms with van der Waals surface area (Å²) in [6, 6.07) is 3.67. The van der Waals surface area contributed by atoms with E-state index >= 15 is 0 Å². The third kappa shape index (κ3) is 5.31. The number of thioether (sulfide) groups is 1. The van der Waals surface area contributed by atoms with Crippen molar-refractivity contribution in [3.05, 3.63) is 44.7 Å². The lowest BCUT2D eigenvalue weighted by atomic mass is 10.2. The molecule has 0 saturated carbocycles. The van der Waals surface area contributed by atoms with E-state index in [0.717, 1.165) is 17.3 Å². The van der Waals surface area contributed by atoms with E-state index in [1.165, 1.54) is 15.4 Å². The van der Waals surface area contributed by atoms with Gasteiger partial charge in [-0.25, -0.2) is 4.98 Å². The first kappa shape index (κ1) is 23.0. The number of pyridine rings is 1. The van der Waals surface area contributed by atoms with Crippen LogP contribution in [0.15, 0.2) is 28.0 Å². The molecule has 0 bridgehead atoms. The third-order valence-corrected chi connectivity index (χ3v) is 5.98. The Morgan fingerprint density at radius 1 is 1.35 bits per heavy atom. The third-order valence-electron chi connectivity index (χ3n) is 4.60. The zero-order chi connectivity index (χ0) is 22.7. The van der Waals surface area contributed by atoms with Crippen molar-refractivity contribution in [3.63, 3.8) is 0 Å². The predicted molar refractivity (Wildman–Crippen MR) is 126 cm³/mol. The molecule has 0 atom stereocenters. The van der Waals surface area contributed by atoms with Crippen molar-refractivity contribution >= 4 is 57.7 Å². The average Bonchev–Trinajstić information content (AvgIpc) is 2.96. The quantitative estimate of drug-likeness (QED) is 0.457. The molecule has 0 aliphatic carbocycles. The van der Waals surface area contributed by atoms with Crippen LogP contribution >= 0.6 is 24.0 Å². The van der Waals surface area contributed by atoms with Gasteiger partial charge in [-0.3, -0.25) is 23.7 Å². The number of carboxylic acids is 1. The van der Waals surface area contributed by atoms with Crippen molar-refractivity contribution in [2.45, 2.75) is 33.6 Å². The van der Waals surface area contributed by atoms with Crippen LogP contribution in [0.4, 0.5) is 5.82 Å². The molecule has 1 saturated heterocycles. The summed E-state index contributed by atoms with van der Waals surface area (Å²) in [4.78, 5) is 43.2. The number of rotatable bonds is 8. The molecule has 1 aliphatic heterocycles. The number of hydrogen-bond donors (Lipinski definition) is 2. The summed E-state index contributed by atoms with van der Waals surface area (Å²) in [5, 5.41) is 12.0. The highest BCUT2D eigenvalue weighted by atomic mass is 32.2. The van der Waals surface area contributed by atoms with E-state index in [-0.39, 0.29) is 30.0 Å². The van der Waals surface area contributed by atoms with Gasteiger partial charge in [0.2, 0.25) is 0 Å². The van der Waals surface area contributed by atoms with Crippen molar-refractivity contribution in [3.8, 4) is 0 Å². The molecule has 3 rings (SSSR count). The van der Waals surface area contributed by atoms with Gasteiger partial charge in [-0.05, 0) is 37.0 Å². The lowest BCUT2D eigenvalue weighted by Gasteiger charge is -2.14. The fraction of sp³-hybridized carbons (Fsp3) is 0.381. The van der Waals surface area contributed by atoms with E-state index in [0.29, 0.717) is 39.6 Å². The van der Waals surface area contributed by atoms with E-state index in [2.05, 4.69) is 10.3 Å². The molecule has 1 aliphatic rings. The molecule has 1 fully saturated rings. The lowest BCUT2D eigenvalue weighted by Crippen LogP contribution is -2.29. The van der Waals surface area contributed by atoms with E-state index in [4.69, 9.17) is 17.3 Å². The summed E-state index contributed by atoms with van der Waals surface area (Å²) in [6.07, 6.45) is 3.50. The van der Waals surface area contributed by atoms with Gasteiger partial charge in [-0.1, -0.05) is 43.9 Å². The van der Waals surface area contributed by atoms with E-state index < -0.39 is 5.97 Å². The highest BCUT2D eigenvalue weighted by molar-refractivity contribution is 8.26. The topological polar surface area (TPSA) is 104 Å². The SMILES string of the molecule is Cc1ccc2nc(NCC(C)C)c(C=C3SC(=S)N(CCCC(=O)O)C3=O)c(=O)n2c1. The minimum Gasteiger partial charge on any atom is -0.481 e. The number of carboxylic acid groups (broad SMARTS) is 1. The number of anilines is 1. The van der Waals surface area contributed by atoms with Crippen LogP contribution in [0.3, 0.4) is 0 Å². The minimum absolute atomic E-state index is 0.0470. The first-order chi connectivity index (χ1) is 14.7. The maximum atomic E-state index is 13.3. The first-order valence-corrected chi connectivity index (χ1v) is 11.1. The Hall–Kier alpha value is -2.72. The Morgan fingerprint density at radius 2 is 2.10 bits per heavy atom. The Labute approximate surface area is 189 Å². The summed E-state index contributed by atoms with van der Waals surface area (Å²) >= 11 is 6.40. The Balaban J connectivity index is 2.01. The number of hydrogen-bond acceptors (Lipinski definition) is 7. The molecule has 2 N–H and O–H groups in total. The molecule has 2 aromatic rings. The van der Waals surface area contributed by atoms with E-state index in [1.807, 2.05) is 26.8 Å². The summed E-state index contributed by atoms with van der Waals surface area (Å²) in [5.41, 5.74) is 1.43. The average molecular weight is 461 g/mol. The molecule has 8 nitrogen and oxygen atoms in total. The molecule has 31 heavy (non-hydrogen) atoms. The highest BCUT2D eigenvalue weighted by Gasteiger charge is 2.32. The standard InChI is InChI=1S/C21H24N4O4S2/c1-12(2)10-22-18-14(19(28)25-11-13(3)6-7-16(25)23-18)9-15-20(29)24(21(30)31-15)8-4-5-17(26)27/h6-7,9,11-12,22H,4-5,8,10H2,1-3H3,(H,26,27). The Morgan fingerprint density at radius 3 is 2.77 bits per heavy atom. The second-order valence-electron chi connectivity index (χ2n) is 7.72. The van der Waals surface area contributed by atoms with Crippen molar-refractivity contribution < 1.29 is 14.7 Å². The zero-order valence-corrected chi connectivity index (χ0v) is 19.2. The van der Waals surface area contributed by atoms with Crippen molar-refractivity contribution in [2.75, 3.05) is 18.4 Å². The molecule has 0 unspecified atom stereocenters. The second kappa shape index (κ2) is 9.61. The number of nitrogens with zero attached hydrogens (tertiary/aromatic N) is 3. The van der Waals surface area contributed by atoms with Gasteiger partial charge in [0.05, 0.1) is 10.5 Å². The van der Waals surface area contributed by atoms with Gasteiger partial charge in [0.1, 0.15) is 15.8 Å². The lowest BCUT2D eigenvalue weighted by molar-refractivity contribution is -0.137. The largest absolute Gasteiger partial charge is 0.481 e. The molecule has 164 valence electrons. The number of carbonyl (C=O) groups excluding carboxylic acids is 1. The number of aryl methyl sites for hydroxylation is 1. The van der Waals surface area contributed by atoms with Gasteiger partial charge in [0.15, 0.2) is 0 Å². The maximum Gasteiger partial charge on any atom is 0.303 e. The molecule has 0 aromatic carbocycles. The molecular formula is C21H24N4O4S2. The van der Waals surface area contributed by atoms with Gasteiger partial charge in [0.25, 0.3) is 11.5 Å². The Bertz CT molecular complexity index is 1140. The molecule has 1 amide bonds. The number of carbonyl (C=O) groups is 2. The van der Waals surface area contributed by atoms with Crippen LogP contribution in [-0.4, -0.2) is 48.7 Å². The number of thiocarbonyl (C=S) groups is 1. The van der Waals surface area contributed by atoms with Crippen molar-refractivity contribution in [1.82, 2.24) is 14.3 Å². The number of aromatic nitrogens is 2. The zero-order valence-electron chi connectivity index (χ0n) is 17.5. The van der Waals surface area contributed by atoms with Crippen LogP contribution in [0, 0.1) is 12.8 Å². The number of nitrogens with one attached hydrogen (secondary N) is 1. The second-order valence-corrected chi connectivity index (χ2v) is 9.40. The van der Waals surface area contributed by atoms with Gasteiger partial charge in [-0.15, -0.1) is 0 Å². The normalized spacial score (nSPS) is 15.5. The Kier molecular flexibility index (Phi) is 7.11. The van der Waals surface area contributed by atoms with E-state index in [9.17, 15) is 14.4 Å². The molecule has 0 radical (unpaired) electrons. The van der Waals surface area contributed by atoms with E-state index in [1.54, 1.807) is 12.3 Å². The van der Waals surface area contributed by atoms with Crippen LogP contribution < -0.4 is 10.9 Å². The van der Waals surface area contributed by atoms with Crippen molar-refractivity contribution in [1.29, 1.82) is 0 Å². The van der Waals surface area contributed by atoms with Crippen LogP contribution in [-0.2, 0) is 9.59 Å². The van der Waals surface area contributed by atoms with Gasteiger partial charge in [0, 0.05) is 25.7 Å². The predicted octanol–water partition coefficient (Wildman–Crippen LogP) is 3.14. The van der Waals surface area contributed by atoms with Crippen LogP contribution in [0.1, 0.15) is 37.8 Å². The fourth-order valence-electron chi connectivity index (χ4n) is 3.04. The molecule has 0 spiro atoms. The first-order valence-electron chi connectivity index (χ1n) is 9.91. The summed E-state index contributed by atoms with van der Waals surface area (Å²) in [5.74, 6) is -0.506. The maximum absolute atomic E-state index is 13.3. The van der Waals surface area contributed by atoms with Gasteiger partial charge >= 0.3 is 5.97 Å². The van der Waals surface area contributed by atoms with Gasteiger partial charge < -0.3 is 10.4 Å². The number of fused-ring (bicyclic) bond motifs is 1. The molecule has 3 heterocycles. The van der Waals surface area contributed by atoms with Crippen LogP contribution in [0.25, 0.3) is 11.7 Å². The van der Waals surface area contributed by atoms with Crippen LogP contribution in [0.2, 0.25) is 0 Å². The number of aliphatic carboxylic acids is 1. The fourth-order valence-corrected chi connectivity index (χ4v) is 4.33. The van der Waals surface area contributed by atoms with Crippen LogP contribution in [0.5, 0.6) is 0 Å². The molecule has 10 heteroatoms. The summed E-state index contributed by atoms with van der Waals surface area (Å²) < 4.78 is 1.82. The summed E-state index contributed by atoms with van der Waals surface area (Å²) in [7, 11) is 0. The molecular weight excluding hydrogens is 436 g/mol. The minimum atomic E-state index is -0.924. The molecule has 2 aromatic heterocycles. The smallest absolute Gasteiger partial charge is 0.303 e. The highest BCUT2D eigenvalue weighted by Crippen LogP contribution is 2.33. The number of amides is 1. The van der Waals surface area contributed by atoms with Gasteiger partial charge in [-0.2, -0.15) is 0 Å².